The van der Waals surface area contributed by atoms with Gasteiger partial charge in [-0.1, -0.05) is 15.9 Å². The van der Waals surface area contributed by atoms with Crippen molar-refractivity contribution >= 4 is 37.5 Å². The molecular weight excluding hydrogens is 332 g/mol. The van der Waals surface area contributed by atoms with E-state index in [4.69, 9.17) is 0 Å². The lowest BCUT2D eigenvalue weighted by molar-refractivity contribution is 0.637. The fourth-order valence-electron chi connectivity index (χ4n) is 1.99. The van der Waals surface area contributed by atoms with Crippen LogP contribution in [0, 0.1) is 0 Å². The van der Waals surface area contributed by atoms with Crippen LogP contribution < -0.4 is 10.6 Å². The Balaban J connectivity index is 2.01. The molecule has 1 unspecified atom stereocenters. The molecule has 1 fully saturated rings. The Morgan fingerprint density at radius 1 is 1.19 bits per heavy atom. The van der Waals surface area contributed by atoms with Crippen molar-refractivity contribution in [1.82, 2.24) is 5.32 Å². The van der Waals surface area contributed by atoms with Gasteiger partial charge in [0.25, 0.3) is 0 Å². The minimum Gasteiger partial charge on any atom is -0.381 e. The molecule has 1 saturated heterocycles. The zero-order valence-electron chi connectivity index (χ0n) is 9.10. The van der Waals surface area contributed by atoms with Crippen molar-refractivity contribution in [2.45, 2.75) is 25.3 Å². The summed E-state index contributed by atoms with van der Waals surface area (Å²) in [7, 11) is 0. The molecule has 2 nitrogen and oxygen atoms in total. The van der Waals surface area contributed by atoms with Crippen LogP contribution in [0.15, 0.2) is 27.1 Å². The Kier molecular flexibility index (Phi) is 4.67. The van der Waals surface area contributed by atoms with Crippen molar-refractivity contribution in [3.05, 3.63) is 27.1 Å². The second kappa shape index (κ2) is 6.03. The lowest BCUT2D eigenvalue weighted by Gasteiger charge is -2.18. The third-order valence-electron chi connectivity index (χ3n) is 2.87. The maximum Gasteiger partial charge on any atom is 0.0487 e. The number of nitrogens with one attached hydrogen (secondary N) is 2. The van der Waals surface area contributed by atoms with Gasteiger partial charge in [0.15, 0.2) is 0 Å². The van der Waals surface area contributed by atoms with E-state index in [9.17, 15) is 0 Å². The van der Waals surface area contributed by atoms with Crippen LogP contribution in [0.5, 0.6) is 0 Å². The number of anilines is 1. The van der Waals surface area contributed by atoms with Gasteiger partial charge < -0.3 is 10.6 Å². The summed E-state index contributed by atoms with van der Waals surface area (Å²) < 4.78 is 2.23. The van der Waals surface area contributed by atoms with Gasteiger partial charge in [0.1, 0.15) is 0 Å². The van der Waals surface area contributed by atoms with Crippen LogP contribution in [-0.4, -0.2) is 19.1 Å². The molecule has 2 N–H and O–H groups in total. The van der Waals surface area contributed by atoms with Crippen LogP contribution in [0.3, 0.4) is 0 Å². The summed E-state index contributed by atoms with van der Waals surface area (Å²) in [5.74, 6) is 0. The molecule has 1 heterocycles. The van der Waals surface area contributed by atoms with Crippen molar-refractivity contribution in [3.8, 4) is 0 Å². The molecule has 2 rings (SSSR count). The van der Waals surface area contributed by atoms with Crippen molar-refractivity contribution in [2.24, 2.45) is 0 Å². The number of halogens is 2. The molecule has 0 bridgehead atoms. The normalized spacial score (nSPS) is 21.5. The van der Waals surface area contributed by atoms with Gasteiger partial charge in [-0.2, -0.15) is 0 Å². The molecule has 0 amide bonds. The smallest absolute Gasteiger partial charge is 0.0487 e. The van der Waals surface area contributed by atoms with Crippen molar-refractivity contribution in [2.75, 3.05) is 18.4 Å². The summed E-state index contributed by atoms with van der Waals surface area (Å²) in [6.07, 6.45) is 3.70. The summed E-state index contributed by atoms with van der Waals surface area (Å²) in [4.78, 5) is 0. The highest BCUT2D eigenvalue weighted by atomic mass is 79.9. The number of hydrogen-bond donors (Lipinski definition) is 2. The maximum absolute atomic E-state index is 3.61. The zero-order valence-corrected chi connectivity index (χ0v) is 12.3. The van der Waals surface area contributed by atoms with Crippen LogP contribution in [-0.2, 0) is 0 Å². The standard InChI is InChI=1S/C12H16Br2N2/c13-9-3-4-12(11(14)8-9)16-10-2-1-6-15-7-5-10/h3-4,8,10,15-16H,1-2,5-7H2. The largest absolute Gasteiger partial charge is 0.381 e. The molecular formula is C12H16Br2N2. The van der Waals surface area contributed by atoms with E-state index >= 15 is 0 Å². The molecule has 0 saturated carbocycles. The first-order valence-electron chi connectivity index (χ1n) is 5.68. The van der Waals surface area contributed by atoms with E-state index < -0.39 is 0 Å². The van der Waals surface area contributed by atoms with E-state index in [-0.39, 0.29) is 0 Å². The number of rotatable bonds is 2. The Hall–Kier alpha value is -0.0600. The maximum atomic E-state index is 3.61. The average molecular weight is 348 g/mol. The Bertz CT molecular complexity index is 347. The highest BCUT2D eigenvalue weighted by Crippen LogP contribution is 2.27. The van der Waals surface area contributed by atoms with E-state index in [0.29, 0.717) is 6.04 Å². The molecule has 1 aromatic carbocycles. The summed E-state index contributed by atoms with van der Waals surface area (Å²) in [5, 5.41) is 7.04. The molecule has 1 atom stereocenters. The molecule has 0 aliphatic carbocycles. The molecule has 1 aliphatic rings. The topological polar surface area (TPSA) is 24.1 Å². The third kappa shape index (κ3) is 3.47. The fourth-order valence-corrected chi connectivity index (χ4v) is 3.15. The Morgan fingerprint density at radius 2 is 2.06 bits per heavy atom. The minimum absolute atomic E-state index is 0.590. The van der Waals surface area contributed by atoms with Gasteiger partial charge in [-0.25, -0.2) is 0 Å². The van der Waals surface area contributed by atoms with Crippen molar-refractivity contribution in [1.29, 1.82) is 0 Å². The molecule has 1 aliphatic heterocycles. The second-order valence-corrected chi connectivity index (χ2v) is 5.92. The number of hydrogen-bond acceptors (Lipinski definition) is 2. The quantitative estimate of drug-likeness (QED) is 0.851. The molecule has 0 spiro atoms. The monoisotopic (exact) mass is 346 g/mol. The van der Waals surface area contributed by atoms with Crippen molar-refractivity contribution < 1.29 is 0 Å². The minimum atomic E-state index is 0.590. The van der Waals surface area contributed by atoms with E-state index in [2.05, 4.69) is 60.7 Å². The van der Waals surface area contributed by atoms with E-state index in [1.807, 2.05) is 0 Å². The highest BCUT2D eigenvalue weighted by molar-refractivity contribution is 9.11. The average Bonchev–Trinajstić information content (AvgIpc) is 2.51. The van der Waals surface area contributed by atoms with Crippen LogP contribution in [0.25, 0.3) is 0 Å². The van der Waals surface area contributed by atoms with E-state index in [1.165, 1.54) is 24.9 Å². The SMILES string of the molecule is Brc1ccc(NC2CCCNCC2)c(Br)c1. The predicted molar refractivity (Wildman–Crippen MR) is 76.0 cm³/mol. The summed E-state index contributed by atoms with van der Waals surface area (Å²) in [6, 6.07) is 6.86. The number of benzene rings is 1. The zero-order chi connectivity index (χ0) is 11.4. The van der Waals surface area contributed by atoms with Gasteiger partial charge in [0.2, 0.25) is 0 Å². The third-order valence-corrected chi connectivity index (χ3v) is 4.02. The lowest BCUT2D eigenvalue weighted by atomic mass is 10.1. The van der Waals surface area contributed by atoms with Crippen LogP contribution >= 0.6 is 31.9 Å². The van der Waals surface area contributed by atoms with Gasteiger partial charge in [-0.15, -0.1) is 0 Å². The lowest BCUT2D eigenvalue weighted by Crippen LogP contribution is -2.21. The van der Waals surface area contributed by atoms with Crippen molar-refractivity contribution in [3.63, 3.8) is 0 Å². The Morgan fingerprint density at radius 3 is 2.88 bits per heavy atom. The summed E-state index contributed by atoms with van der Waals surface area (Å²) in [5.41, 5.74) is 1.19. The molecule has 16 heavy (non-hydrogen) atoms. The van der Waals surface area contributed by atoms with Gasteiger partial charge in [0, 0.05) is 20.7 Å². The molecule has 0 radical (unpaired) electrons. The van der Waals surface area contributed by atoms with Crippen LogP contribution in [0.2, 0.25) is 0 Å². The molecule has 4 heteroatoms. The molecule has 0 aromatic heterocycles. The van der Waals surface area contributed by atoms with E-state index in [0.717, 1.165) is 22.0 Å². The van der Waals surface area contributed by atoms with Gasteiger partial charge in [0.05, 0.1) is 0 Å². The Labute approximate surface area is 113 Å². The first-order valence-corrected chi connectivity index (χ1v) is 7.26. The molecule has 88 valence electrons. The summed E-state index contributed by atoms with van der Waals surface area (Å²) >= 11 is 7.05. The first kappa shape index (κ1) is 12.4. The van der Waals surface area contributed by atoms with Crippen LogP contribution in [0.4, 0.5) is 5.69 Å². The molecule has 1 aromatic rings. The van der Waals surface area contributed by atoms with Crippen LogP contribution in [0.1, 0.15) is 19.3 Å². The highest BCUT2D eigenvalue weighted by Gasteiger charge is 2.12. The first-order chi connectivity index (χ1) is 7.75. The van der Waals surface area contributed by atoms with Gasteiger partial charge in [-0.3, -0.25) is 0 Å². The van der Waals surface area contributed by atoms with E-state index in [1.54, 1.807) is 0 Å². The van der Waals surface area contributed by atoms with Gasteiger partial charge in [-0.05, 0) is 66.5 Å². The summed E-state index contributed by atoms with van der Waals surface area (Å²) in [6.45, 7) is 2.27. The fraction of sp³-hybridized carbons (Fsp3) is 0.500. The predicted octanol–water partition coefficient (Wildman–Crippen LogP) is 3.77. The van der Waals surface area contributed by atoms with Gasteiger partial charge >= 0.3 is 0 Å². The second-order valence-electron chi connectivity index (χ2n) is 4.15.